The number of pyridine rings is 1. The molecule has 2 aromatic rings. The minimum atomic E-state index is -0.381. The first kappa shape index (κ1) is 14.8. The fraction of sp³-hybridized carbons (Fsp3) is 0.250. The van der Waals surface area contributed by atoms with Gasteiger partial charge in [0.1, 0.15) is 5.75 Å². The molecule has 0 fully saturated rings. The van der Waals surface area contributed by atoms with Gasteiger partial charge in [-0.25, -0.2) is 4.79 Å². The Bertz CT molecular complexity index is 579. The van der Waals surface area contributed by atoms with Crippen molar-refractivity contribution in [2.45, 2.75) is 13.5 Å². The van der Waals surface area contributed by atoms with Crippen molar-refractivity contribution in [2.75, 3.05) is 19.0 Å². The maximum Gasteiger partial charge on any atom is 0.339 e. The SMILES string of the molecule is CCOc1ccc(NCc2ccc(C(=O)OC)cn2)cc1. The fourth-order valence-corrected chi connectivity index (χ4v) is 1.80. The minimum absolute atomic E-state index is 0.381. The Hall–Kier alpha value is -2.56. The highest BCUT2D eigenvalue weighted by Gasteiger charge is 2.05. The number of hydrogen-bond donors (Lipinski definition) is 1. The molecule has 0 unspecified atom stereocenters. The quantitative estimate of drug-likeness (QED) is 0.827. The van der Waals surface area contributed by atoms with Crippen molar-refractivity contribution in [1.29, 1.82) is 0 Å². The van der Waals surface area contributed by atoms with Gasteiger partial charge >= 0.3 is 5.97 Å². The predicted octanol–water partition coefficient (Wildman–Crippen LogP) is 2.88. The van der Waals surface area contributed by atoms with Gasteiger partial charge < -0.3 is 14.8 Å². The van der Waals surface area contributed by atoms with E-state index < -0.39 is 0 Å². The smallest absolute Gasteiger partial charge is 0.339 e. The van der Waals surface area contributed by atoms with E-state index in [0.29, 0.717) is 18.7 Å². The molecule has 0 saturated heterocycles. The van der Waals surface area contributed by atoms with Gasteiger partial charge in [-0.3, -0.25) is 4.98 Å². The van der Waals surface area contributed by atoms with Crippen molar-refractivity contribution in [2.24, 2.45) is 0 Å². The van der Waals surface area contributed by atoms with Crippen LogP contribution in [0.5, 0.6) is 5.75 Å². The molecule has 0 saturated carbocycles. The number of rotatable bonds is 6. The van der Waals surface area contributed by atoms with E-state index >= 15 is 0 Å². The summed E-state index contributed by atoms with van der Waals surface area (Å²) in [6, 6.07) is 11.2. The molecule has 5 heteroatoms. The summed E-state index contributed by atoms with van der Waals surface area (Å²) < 4.78 is 10.0. The highest BCUT2D eigenvalue weighted by atomic mass is 16.5. The van der Waals surface area contributed by atoms with E-state index in [1.165, 1.54) is 13.3 Å². The monoisotopic (exact) mass is 286 g/mol. The Balaban J connectivity index is 1.91. The molecular weight excluding hydrogens is 268 g/mol. The normalized spacial score (nSPS) is 10.0. The van der Waals surface area contributed by atoms with Crippen LogP contribution >= 0.6 is 0 Å². The van der Waals surface area contributed by atoms with Gasteiger partial charge in [0.15, 0.2) is 0 Å². The number of nitrogens with zero attached hydrogens (tertiary/aromatic N) is 1. The average Bonchev–Trinajstić information content (AvgIpc) is 2.54. The van der Waals surface area contributed by atoms with Gasteiger partial charge in [-0.05, 0) is 43.3 Å². The van der Waals surface area contributed by atoms with Gasteiger partial charge in [-0.2, -0.15) is 0 Å². The molecule has 110 valence electrons. The summed E-state index contributed by atoms with van der Waals surface area (Å²) in [4.78, 5) is 15.5. The van der Waals surface area contributed by atoms with Gasteiger partial charge in [0.25, 0.3) is 0 Å². The Morgan fingerprint density at radius 2 is 1.95 bits per heavy atom. The molecule has 0 bridgehead atoms. The maximum atomic E-state index is 11.3. The molecule has 0 aliphatic heterocycles. The summed E-state index contributed by atoms with van der Waals surface area (Å²) in [5.41, 5.74) is 2.27. The van der Waals surface area contributed by atoms with Crippen LogP contribution in [0.4, 0.5) is 5.69 Å². The first-order valence-electron chi connectivity index (χ1n) is 6.73. The van der Waals surface area contributed by atoms with Crippen LogP contribution in [0.25, 0.3) is 0 Å². The van der Waals surface area contributed by atoms with Crippen molar-refractivity contribution >= 4 is 11.7 Å². The van der Waals surface area contributed by atoms with E-state index in [2.05, 4.69) is 15.0 Å². The second-order valence-corrected chi connectivity index (χ2v) is 4.34. The van der Waals surface area contributed by atoms with Crippen molar-refractivity contribution < 1.29 is 14.3 Å². The molecule has 0 atom stereocenters. The number of aromatic nitrogens is 1. The first-order valence-corrected chi connectivity index (χ1v) is 6.73. The third-order valence-corrected chi connectivity index (χ3v) is 2.88. The van der Waals surface area contributed by atoms with Crippen LogP contribution in [0.15, 0.2) is 42.6 Å². The zero-order chi connectivity index (χ0) is 15.1. The number of ether oxygens (including phenoxy) is 2. The molecule has 0 radical (unpaired) electrons. The number of carbonyl (C=O) groups is 1. The zero-order valence-electron chi connectivity index (χ0n) is 12.1. The predicted molar refractivity (Wildman–Crippen MR) is 80.5 cm³/mol. The van der Waals surface area contributed by atoms with Crippen molar-refractivity contribution in [3.8, 4) is 5.75 Å². The second-order valence-electron chi connectivity index (χ2n) is 4.34. The van der Waals surface area contributed by atoms with Crippen LogP contribution < -0.4 is 10.1 Å². The highest BCUT2D eigenvalue weighted by molar-refractivity contribution is 5.88. The van der Waals surface area contributed by atoms with Crippen LogP contribution in [0.1, 0.15) is 23.0 Å². The highest BCUT2D eigenvalue weighted by Crippen LogP contribution is 2.16. The topological polar surface area (TPSA) is 60.5 Å². The van der Waals surface area contributed by atoms with Crippen LogP contribution in [-0.4, -0.2) is 24.7 Å². The van der Waals surface area contributed by atoms with Crippen LogP contribution in [0.3, 0.4) is 0 Å². The Kier molecular flexibility index (Phi) is 5.15. The van der Waals surface area contributed by atoms with Gasteiger partial charge in [-0.15, -0.1) is 0 Å². The Morgan fingerprint density at radius 3 is 2.52 bits per heavy atom. The summed E-state index contributed by atoms with van der Waals surface area (Å²) in [7, 11) is 1.35. The third kappa shape index (κ3) is 4.21. The number of hydrogen-bond acceptors (Lipinski definition) is 5. The molecule has 1 N–H and O–H groups in total. The maximum absolute atomic E-state index is 11.3. The number of benzene rings is 1. The number of carbonyl (C=O) groups excluding carboxylic acids is 1. The molecule has 1 aromatic heterocycles. The Morgan fingerprint density at radius 1 is 1.19 bits per heavy atom. The molecular formula is C16H18N2O3. The summed E-state index contributed by atoms with van der Waals surface area (Å²) >= 11 is 0. The first-order chi connectivity index (χ1) is 10.2. The van der Waals surface area contributed by atoms with E-state index in [1.807, 2.05) is 31.2 Å². The van der Waals surface area contributed by atoms with E-state index in [4.69, 9.17) is 4.74 Å². The molecule has 0 aliphatic carbocycles. The molecule has 1 aromatic carbocycles. The molecule has 5 nitrogen and oxygen atoms in total. The average molecular weight is 286 g/mol. The summed E-state index contributed by atoms with van der Waals surface area (Å²) in [6.45, 7) is 3.19. The summed E-state index contributed by atoms with van der Waals surface area (Å²) in [6.07, 6.45) is 1.51. The Labute approximate surface area is 123 Å². The van der Waals surface area contributed by atoms with E-state index in [9.17, 15) is 4.79 Å². The molecule has 0 aliphatic rings. The van der Waals surface area contributed by atoms with Gasteiger partial charge in [0, 0.05) is 11.9 Å². The van der Waals surface area contributed by atoms with Crippen molar-refractivity contribution in [3.05, 3.63) is 53.9 Å². The lowest BCUT2D eigenvalue weighted by molar-refractivity contribution is 0.0600. The van der Waals surface area contributed by atoms with E-state index in [-0.39, 0.29) is 5.97 Å². The lowest BCUT2D eigenvalue weighted by Gasteiger charge is -2.08. The van der Waals surface area contributed by atoms with Crippen molar-refractivity contribution in [1.82, 2.24) is 4.98 Å². The molecule has 0 spiro atoms. The summed E-state index contributed by atoms with van der Waals surface area (Å²) in [5.74, 6) is 0.470. The van der Waals surface area contributed by atoms with Crippen LogP contribution in [-0.2, 0) is 11.3 Å². The zero-order valence-corrected chi connectivity index (χ0v) is 12.1. The van der Waals surface area contributed by atoms with Gasteiger partial charge in [0.2, 0.25) is 0 Å². The molecule has 1 heterocycles. The van der Waals surface area contributed by atoms with Crippen molar-refractivity contribution in [3.63, 3.8) is 0 Å². The molecule has 21 heavy (non-hydrogen) atoms. The lowest BCUT2D eigenvalue weighted by Crippen LogP contribution is -2.05. The van der Waals surface area contributed by atoms with Crippen LogP contribution in [0, 0.1) is 0 Å². The van der Waals surface area contributed by atoms with Crippen LogP contribution in [0.2, 0.25) is 0 Å². The number of nitrogens with one attached hydrogen (secondary N) is 1. The van der Waals surface area contributed by atoms with E-state index in [0.717, 1.165) is 17.1 Å². The molecule has 0 amide bonds. The standard InChI is InChI=1S/C16H18N2O3/c1-3-21-15-8-6-13(7-9-15)18-11-14-5-4-12(10-17-14)16(19)20-2/h4-10,18H,3,11H2,1-2H3. The lowest BCUT2D eigenvalue weighted by atomic mass is 10.2. The number of esters is 1. The number of methoxy groups -OCH3 is 1. The molecule has 2 rings (SSSR count). The van der Waals surface area contributed by atoms with Gasteiger partial charge in [0.05, 0.1) is 31.5 Å². The third-order valence-electron chi connectivity index (χ3n) is 2.88. The fourth-order valence-electron chi connectivity index (χ4n) is 1.80. The minimum Gasteiger partial charge on any atom is -0.494 e. The number of anilines is 1. The largest absolute Gasteiger partial charge is 0.494 e. The van der Waals surface area contributed by atoms with Gasteiger partial charge in [-0.1, -0.05) is 0 Å². The van der Waals surface area contributed by atoms with E-state index in [1.54, 1.807) is 12.1 Å². The second kappa shape index (κ2) is 7.28. The summed E-state index contributed by atoms with van der Waals surface area (Å²) in [5, 5.41) is 3.26.